The molecular weight excluding hydrogens is 248 g/mol. The van der Waals surface area contributed by atoms with Gasteiger partial charge in [-0.15, -0.1) is 11.6 Å². The molecule has 94 valence electrons. The number of amides is 1. The first-order chi connectivity index (χ1) is 7.93. The third kappa shape index (κ3) is 3.97. The molecule has 0 aliphatic carbocycles. The lowest BCUT2D eigenvalue weighted by Crippen LogP contribution is -2.35. The van der Waals surface area contributed by atoms with E-state index in [1.165, 1.54) is 4.90 Å². The third-order valence-corrected chi connectivity index (χ3v) is 2.35. The van der Waals surface area contributed by atoms with Gasteiger partial charge in [0.1, 0.15) is 17.5 Å². The topological polar surface area (TPSA) is 20.3 Å². The summed E-state index contributed by atoms with van der Waals surface area (Å²) in [6.45, 7) is 4.18. The van der Waals surface area contributed by atoms with E-state index in [4.69, 9.17) is 11.6 Å². The molecular formula is C12H14ClF2NO. The first-order valence-electron chi connectivity index (χ1n) is 5.26. The standard InChI is InChI=1S/C12H14ClF2NO/c1-8(2)7-16(12(17)6-13)11-4-9(14)3-10(15)5-11/h3-5,8H,6-7H2,1-2H3. The van der Waals surface area contributed by atoms with Crippen LogP contribution in [-0.4, -0.2) is 18.3 Å². The molecule has 0 saturated carbocycles. The smallest absolute Gasteiger partial charge is 0.241 e. The van der Waals surface area contributed by atoms with Crippen LogP contribution in [0.15, 0.2) is 18.2 Å². The monoisotopic (exact) mass is 261 g/mol. The Kier molecular flexibility index (Phi) is 4.87. The van der Waals surface area contributed by atoms with Crippen LogP contribution in [0.5, 0.6) is 0 Å². The van der Waals surface area contributed by atoms with Crippen molar-refractivity contribution in [1.29, 1.82) is 0 Å². The van der Waals surface area contributed by atoms with E-state index in [-0.39, 0.29) is 23.4 Å². The van der Waals surface area contributed by atoms with Crippen molar-refractivity contribution in [2.45, 2.75) is 13.8 Å². The minimum atomic E-state index is -0.712. The molecule has 0 radical (unpaired) electrons. The van der Waals surface area contributed by atoms with Gasteiger partial charge in [0.25, 0.3) is 0 Å². The lowest BCUT2D eigenvalue weighted by Gasteiger charge is -2.24. The van der Waals surface area contributed by atoms with Gasteiger partial charge in [0.05, 0.1) is 0 Å². The maximum absolute atomic E-state index is 13.1. The van der Waals surface area contributed by atoms with Gasteiger partial charge in [0.15, 0.2) is 0 Å². The number of rotatable bonds is 4. The Hall–Kier alpha value is -1.16. The summed E-state index contributed by atoms with van der Waals surface area (Å²) in [7, 11) is 0. The second-order valence-corrected chi connectivity index (χ2v) is 4.43. The van der Waals surface area contributed by atoms with Crippen molar-refractivity contribution in [3.63, 3.8) is 0 Å². The largest absolute Gasteiger partial charge is 0.311 e. The maximum atomic E-state index is 13.1. The molecule has 0 heterocycles. The lowest BCUT2D eigenvalue weighted by atomic mass is 10.2. The fourth-order valence-corrected chi connectivity index (χ4v) is 1.63. The minimum absolute atomic E-state index is 0.175. The molecule has 0 saturated heterocycles. The molecule has 0 bridgehead atoms. The van der Waals surface area contributed by atoms with E-state index in [1.54, 1.807) is 0 Å². The summed E-state index contributed by atoms with van der Waals surface area (Å²) in [5.41, 5.74) is 0.196. The molecule has 5 heteroatoms. The summed E-state index contributed by atoms with van der Waals surface area (Å²) >= 11 is 5.48. The predicted molar refractivity (Wildman–Crippen MR) is 64.3 cm³/mol. The van der Waals surface area contributed by atoms with Crippen LogP contribution in [0, 0.1) is 17.6 Å². The van der Waals surface area contributed by atoms with Gasteiger partial charge in [-0.3, -0.25) is 4.79 Å². The van der Waals surface area contributed by atoms with Crippen molar-refractivity contribution < 1.29 is 13.6 Å². The van der Waals surface area contributed by atoms with Gasteiger partial charge >= 0.3 is 0 Å². The summed E-state index contributed by atoms with van der Waals surface area (Å²) in [4.78, 5) is 12.9. The molecule has 17 heavy (non-hydrogen) atoms. The molecule has 0 aliphatic heterocycles. The van der Waals surface area contributed by atoms with Gasteiger partial charge in [-0.1, -0.05) is 13.8 Å². The maximum Gasteiger partial charge on any atom is 0.241 e. The first-order valence-corrected chi connectivity index (χ1v) is 5.80. The number of carbonyl (C=O) groups is 1. The van der Waals surface area contributed by atoms with E-state index in [2.05, 4.69) is 0 Å². The lowest BCUT2D eigenvalue weighted by molar-refractivity contribution is -0.116. The van der Waals surface area contributed by atoms with Crippen molar-refractivity contribution in [1.82, 2.24) is 0 Å². The molecule has 2 nitrogen and oxygen atoms in total. The van der Waals surface area contributed by atoms with E-state index in [1.807, 2.05) is 13.8 Å². The van der Waals surface area contributed by atoms with E-state index in [9.17, 15) is 13.6 Å². The summed E-state index contributed by atoms with van der Waals surface area (Å²) in [6, 6.07) is 3.01. The van der Waals surface area contributed by atoms with Crippen LogP contribution in [0.25, 0.3) is 0 Å². The van der Waals surface area contributed by atoms with Crippen molar-refractivity contribution in [3.05, 3.63) is 29.8 Å². The van der Waals surface area contributed by atoms with E-state index in [0.717, 1.165) is 18.2 Å². The highest BCUT2D eigenvalue weighted by Crippen LogP contribution is 2.19. The Balaban J connectivity index is 3.07. The van der Waals surface area contributed by atoms with Crippen LogP contribution in [0.2, 0.25) is 0 Å². The van der Waals surface area contributed by atoms with Crippen LogP contribution < -0.4 is 4.90 Å². The van der Waals surface area contributed by atoms with Crippen molar-refractivity contribution in [3.8, 4) is 0 Å². The molecule has 0 atom stereocenters. The molecule has 0 N–H and O–H groups in total. The fraction of sp³-hybridized carbons (Fsp3) is 0.417. The summed E-state index contributed by atoms with van der Waals surface area (Å²) in [5, 5.41) is 0. The molecule has 0 fully saturated rings. The number of hydrogen-bond donors (Lipinski definition) is 0. The Labute approximate surface area is 104 Å². The Bertz CT molecular complexity index is 389. The highest BCUT2D eigenvalue weighted by molar-refractivity contribution is 6.29. The first kappa shape index (κ1) is 13.9. The average Bonchev–Trinajstić information content (AvgIpc) is 2.23. The highest BCUT2D eigenvalue weighted by Gasteiger charge is 2.17. The second-order valence-electron chi connectivity index (χ2n) is 4.16. The Morgan fingerprint density at radius 1 is 1.29 bits per heavy atom. The molecule has 1 amide bonds. The molecule has 1 rings (SSSR count). The third-order valence-electron chi connectivity index (χ3n) is 2.12. The summed E-state index contributed by atoms with van der Waals surface area (Å²) in [5.74, 6) is -1.84. The number of carbonyl (C=O) groups excluding carboxylic acids is 1. The quantitative estimate of drug-likeness (QED) is 0.763. The number of benzene rings is 1. The molecule has 0 unspecified atom stereocenters. The van der Waals surface area contributed by atoms with Crippen molar-refractivity contribution in [2.24, 2.45) is 5.92 Å². The molecule has 0 spiro atoms. The minimum Gasteiger partial charge on any atom is -0.311 e. The van der Waals surface area contributed by atoms with Gasteiger partial charge in [0, 0.05) is 18.3 Å². The van der Waals surface area contributed by atoms with E-state index < -0.39 is 11.6 Å². The van der Waals surface area contributed by atoms with Crippen LogP contribution in [-0.2, 0) is 4.79 Å². The van der Waals surface area contributed by atoms with Crippen LogP contribution in [0.3, 0.4) is 0 Å². The summed E-state index contributed by atoms with van der Waals surface area (Å²) < 4.78 is 26.2. The SMILES string of the molecule is CC(C)CN(C(=O)CCl)c1cc(F)cc(F)c1. The second kappa shape index (κ2) is 5.96. The fourth-order valence-electron chi connectivity index (χ4n) is 1.48. The van der Waals surface area contributed by atoms with Crippen molar-refractivity contribution in [2.75, 3.05) is 17.3 Å². The number of halogens is 3. The van der Waals surface area contributed by atoms with Crippen molar-refractivity contribution >= 4 is 23.2 Å². The average molecular weight is 262 g/mol. The zero-order valence-corrected chi connectivity index (χ0v) is 10.5. The number of hydrogen-bond acceptors (Lipinski definition) is 1. The normalized spacial score (nSPS) is 10.7. The number of nitrogens with zero attached hydrogens (tertiary/aromatic N) is 1. The molecule has 0 aromatic heterocycles. The van der Waals surface area contributed by atoms with Crippen LogP contribution >= 0.6 is 11.6 Å². The van der Waals surface area contributed by atoms with Gasteiger partial charge in [-0.2, -0.15) is 0 Å². The summed E-state index contributed by atoms with van der Waals surface area (Å²) in [6.07, 6.45) is 0. The highest BCUT2D eigenvalue weighted by atomic mass is 35.5. The molecule has 0 aliphatic rings. The van der Waals surface area contributed by atoms with Gasteiger partial charge in [0.2, 0.25) is 5.91 Å². The number of anilines is 1. The molecule has 1 aromatic rings. The number of alkyl halides is 1. The van der Waals surface area contributed by atoms with Crippen LogP contribution in [0.4, 0.5) is 14.5 Å². The van der Waals surface area contributed by atoms with Gasteiger partial charge in [-0.25, -0.2) is 8.78 Å². The van der Waals surface area contributed by atoms with E-state index in [0.29, 0.717) is 6.54 Å². The van der Waals surface area contributed by atoms with Gasteiger partial charge in [-0.05, 0) is 18.1 Å². The van der Waals surface area contributed by atoms with Gasteiger partial charge < -0.3 is 4.90 Å². The zero-order chi connectivity index (χ0) is 13.0. The Morgan fingerprint density at radius 3 is 2.24 bits per heavy atom. The Morgan fingerprint density at radius 2 is 1.82 bits per heavy atom. The van der Waals surface area contributed by atoms with Crippen LogP contribution in [0.1, 0.15) is 13.8 Å². The molecule has 1 aromatic carbocycles. The zero-order valence-electron chi connectivity index (χ0n) is 9.71. The van der Waals surface area contributed by atoms with E-state index >= 15 is 0 Å². The predicted octanol–water partition coefficient (Wildman–Crippen LogP) is 3.19.